The number of nitrogens with zero attached hydrogens (tertiary/aromatic N) is 1. The van der Waals surface area contributed by atoms with E-state index in [1.165, 1.54) is 7.11 Å². The van der Waals surface area contributed by atoms with Crippen molar-refractivity contribution in [2.75, 3.05) is 20.3 Å². The summed E-state index contributed by atoms with van der Waals surface area (Å²) in [5, 5.41) is 14.9. The SMILES string of the molecule is COC(=O)c1cccnc1Oc1ccc(CC(C)(C)NC[C@H](O)COc2cccc3[nH]ccc23)cc1. The third-order valence-corrected chi connectivity index (χ3v) is 5.76. The number of methoxy groups -OCH3 is 1. The summed E-state index contributed by atoms with van der Waals surface area (Å²) in [4.78, 5) is 19.2. The quantitative estimate of drug-likeness (QED) is 0.267. The standard InChI is InChI=1S/C28H31N3O5/c1-28(2,31-17-20(32)18-35-25-8-4-7-24-22(25)13-15-29-24)16-19-9-11-21(12-10-19)36-26-23(27(33)34-3)6-5-14-30-26/h4-15,20,29,31-32H,16-18H2,1-3H3/t20-/m0/s1. The fraction of sp³-hybridized carbons (Fsp3) is 0.286. The maximum atomic E-state index is 11.9. The molecule has 8 nitrogen and oxygen atoms in total. The molecular formula is C28H31N3O5. The van der Waals surface area contributed by atoms with Crippen LogP contribution in [-0.4, -0.2) is 52.9 Å². The van der Waals surface area contributed by atoms with Crippen LogP contribution < -0.4 is 14.8 Å². The molecule has 0 saturated carbocycles. The third-order valence-electron chi connectivity index (χ3n) is 5.76. The van der Waals surface area contributed by atoms with Crippen LogP contribution in [0.4, 0.5) is 0 Å². The lowest BCUT2D eigenvalue weighted by Crippen LogP contribution is -2.46. The second-order valence-corrected chi connectivity index (χ2v) is 9.20. The Morgan fingerprint density at radius 2 is 1.92 bits per heavy atom. The van der Waals surface area contributed by atoms with E-state index in [4.69, 9.17) is 14.2 Å². The van der Waals surface area contributed by atoms with Crippen LogP contribution in [0.1, 0.15) is 29.8 Å². The summed E-state index contributed by atoms with van der Waals surface area (Å²) in [6, 6.07) is 18.6. The number of fused-ring (bicyclic) bond motifs is 1. The summed E-state index contributed by atoms with van der Waals surface area (Å²) in [6.45, 7) is 4.76. The van der Waals surface area contributed by atoms with Crippen LogP contribution in [0.2, 0.25) is 0 Å². The molecule has 8 heteroatoms. The van der Waals surface area contributed by atoms with Gasteiger partial charge >= 0.3 is 5.97 Å². The Kier molecular flexibility index (Phi) is 7.87. The van der Waals surface area contributed by atoms with E-state index >= 15 is 0 Å². The zero-order valence-corrected chi connectivity index (χ0v) is 20.7. The van der Waals surface area contributed by atoms with Crippen LogP contribution in [-0.2, 0) is 11.2 Å². The number of rotatable bonds is 11. The van der Waals surface area contributed by atoms with Gasteiger partial charge in [-0.15, -0.1) is 0 Å². The van der Waals surface area contributed by atoms with Crippen molar-refractivity contribution in [2.24, 2.45) is 0 Å². The summed E-state index contributed by atoms with van der Waals surface area (Å²) in [5.41, 5.74) is 2.10. The topological polar surface area (TPSA) is 106 Å². The van der Waals surface area contributed by atoms with Crippen LogP contribution in [0.25, 0.3) is 10.9 Å². The number of nitrogens with one attached hydrogen (secondary N) is 2. The van der Waals surface area contributed by atoms with Crippen LogP contribution in [0.15, 0.2) is 73.1 Å². The van der Waals surface area contributed by atoms with Gasteiger partial charge in [-0.25, -0.2) is 9.78 Å². The van der Waals surface area contributed by atoms with Gasteiger partial charge in [0, 0.05) is 35.4 Å². The first-order valence-electron chi connectivity index (χ1n) is 11.8. The van der Waals surface area contributed by atoms with E-state index in [0.29, 0.717) is 12.3 Å². The van der Waals surface area contributed by atoms with Gasteiger partial charge in [0.1, 0.15) is 29.8 Å². The zero-order valence-electron chi connectivity index (χ0n) is 20.7. The largest absolute Gasteiger partial charge is 0.490 e. The van der Waals surface area contributed by atoms with Crippen LogP contribution in [0.5, 0.6) is 17.4 Å². The first-order chi connectivity index (χ1) is 17.3. The van der Waals surface area contributed by atoms with E-state index in [1.54, 1.807) is 18.3 Å². The number of H-pyrrole nitrogens is 1. The van der Waals surface area contributed by atoms with Crippen molar-refractivity contribution in [1.82, 2.24) is 15.3 Å². The van der Waals surface area contributed by atoms with Gasteiger partial charge in [0.25, 0.3) is 0 Å². The van der Waals surface area contributed by atoms with Gasteiger partial charge in [0.2, 0.25) is 5.88 Å². The van der Waals surface area contributed by atoms with Crippen LogP contribution in [0.3, 0.4) is 0 Å². The molecule has 0 unspecified atom stereocenters. The highest BCUT2D eigenvalue weighted by Gasteiger charge is 2.20. The highest BCUT2D eigenvalue weighted by atomic mass is 16.5. The van der Waals surface area contributed by atoms with Crippen molar-refractivity contribution in [1.29, 1.82) is 0 Å². The minimum atomic E-state index is -0.656. The molecule has 2 aromatic carbocycles. The maximum Gasteiger partial charge on any atom is 0.343 e. The minimum absolute atomic E-state index is 0.195. The third kappa shape index (κ3) is 6.41. The monoisotopic (exact) mass is 489 g/mol. The van der Waals surface area contributed by atoms with Crippen molar-refractivity contribution in [2.45, 2.75) is 31.9 Å². The van der Waals surface area contributed by atoms with Crippen molar-refractivity contribution < 1.29 is 24.1 Å². The lowest BCUT2D eigenvalue weighted by atomic mass is 9.94. The average molecular weight is 490 g/mol. The summed E-state index contributed by atoms with van der Waals surface area (Å²) in [7, 11) is 1.32. The number of pyridine rings is 1. The Morgan fingerprint density at radius 1 is 1.11 bits per heavy atom. The molecule has 0 bridgehead atoms. The smallest absolute Gasteiger partial charge is 0.343 e. The Labute approximate surface area is 210 Å². The molecule has 0 saturated heterocycles. The number of benzene rings is 2. The predicted molar refractivity (Wildman–Crippen MR) is 138 cm³/mol. The highest BCUT2D eigenvalue weighted by molar-refractivity contribution is 5.91. The number of carbonyl (C=O) groups is 1. The molecule has 36 heavy (non-hydrogen) atoms. The van der Waals surface area contributed by atoms with E-state index in [1.807, 2.05) is 54.7 Å². The van der Waals surface area contributed by atoms with Gasteiger partial charge in [-0.2, -0.15) is 0 Å². The van der Waals surface area contributed by atoms with Gasteiger partial charge in [-0.1, -0.05) is 18.2 Å². The normalized spacial score (nSPS) is 12.3. The molecule has 0 aliphatic carbocycles. The Hall–Kier alpha value is -3.88. The summed E-state index contributed by atoms with van der Waals surface area (Å²) < 4.78 is 16.4. The number of aromatic amines is 1. The Balaban J connectivity index is 1.28. The van der Waals surface area contributed by atoms with E-state index in [-0.39, 0.29) is 23.6 Å². The number of β-amino-alcohol motifs (C(OH)–C–C–N with tert-alkyl or cyclic N) is 1. The van der Waals surface area contributed by atoms with Gasteiger partial charge < -0.3 is 29.6 Å². The second-order valence-electron chi connectivity index (χ2n) is 9.20. The van der Waals surface area contributed by atoms with E-state index in [2.05, 4.69) is 29.1 Å². The molecule has 4 aromatic rings. The van der Waals surface area contributed by atoms with Crippen LogP contribution in [0, 0.1) is 0 Å². The molecule has 0 aliphatic heterocycles. The Bertz CT molecular complexity index is 1300. The van der Waals surface area contributed by atoms with E-state index in [0.717, 1.165) is 28.6 Å². The number of aromatic nitrogens is 2. The number of carbonyl (C=O) groups excluding carboxylic acids is 1. The fourth-order valence-corrected chi connectivity index (χ4v) is 3.92. The van der Waals surface area contributed by atoms with Crippen molar-refractivity contribution in [3.8, 4) is 17.4 Å². The summed E-state index contributed by atoms with van der Waals surface area (Å²) >= 11 is 0. The van der Waals surface area contributed by atoms with E-state index in [9.17, 15) is 9.90 Å². The first kappa shape index (κ1) is 25.2. The molecule has 2 heterocycles. The fourth-order valence-electron chi connectivity index (χ4n) is 3.92. The highest BCUT2D eigenvalue weighted by Crippen LogP contribution is 2.26. The number of aliphatic hydroxyl groups excluding tert-OH is 1. The number of hydrogen-bond donors (Lipinski definition) is 3. The van der Waals surface area contributed by atoms with Crippen molar-refractivity contribution in [3.63, 3.8) is 0 Å². The molecule has 0 aliphatic rings. The number of aliphatic hydroxyl groups is 1. The molecule has 0 amide bonds. The maximum absolute atomic E-state index is 11.9. The zero-order chi connectivity index (χ0) is 25.5. The summed E-state index contributed by atoms with van der Waals surface area (Å²) in [6.07, 6.45) is 3.51. The summed E-state index contributed by atoms with van der Waals surface area (Å²) in [5.74, 6) is 1.01. The molecule has 188 valence electrons. The first-order valence-corrected chi connectivity index (χ1v) is 11.8. The second kappa shape index (κ2) is 11.2. The van der Waals surface area contributed by atoms with E-state index < -0.39 is 12.1 Å². The molecule has 0 fully saturated rings. The van der Waals surface area contributed by atoms with Gasteiger partial charge in [-0.05, 0) is 68.3 Å². The molecule has 4 rings (SSSR count). The Morgan fingerprint density at radius 3 is 2.69 bits per heavy atom. The van der Waals surface area contributed by atoms with Crippen LogP contribution >= 0.6 is 0 Å². The minimum Gasteiger partial charge on any atom is -0.490 e. The molecule has 0 radical (unpaired) electrons. The molecular weight excluding hydrogens is 458 g/mol. The number of esters is 1. The molecule has 3 N–H and O–H groups in total. The average Bonchev–Trinajstić information content (AvgIpc) is 3.37. The predicted octanol–water partition coefficient (Wildman–Crippen LogP) is 4.49. The van der Waals surface area contributed by atoms with Gasteiger partial charge in [-0.3, -0.25) is 0 Å². The number of ether oxygens (including phenoxy) is 3. The lowest BCUT2D eigenvalue weighted by Gasteiger charge is -2.28. The molecule has 0 spiro atoms. The molecule has 2 aromatic heterocycles. The van der Waals surface area contributed by atoms with Crippen molar-refractivity contribution >= 4 is 16.9 Å². The van der Waals surface area contributed by atoms with Crippen molar-refractivity contribution in [3.05, 3.63) is 84.2 Å². The van der Waals surface area contributed by atoms with Gasteiger partial charge in [0.15, 0.2) is 0 Å². The number of hydrogen-bond acceptors (Lipinski definition) is 7. The lowest BCUT2D eigenvalue weighted by molar-refractivity contribution is 0.0597. The molecule has 1 atom stereocenters. The van der Waals surface area contributed by atoms with Gasteiger partial charge in [0.05, 0.1) is 7.11 Å².